The van der Waals surface area contributed by atoms with E-state index in [9.17, 15) is 17.6 Å². The first-order valence-electron chi connectivity index (χ1n) is 9.94. The molecule has 0 bridgehead atoms. The lowest BCUT2D eigenvalue weighted by atomic mass is 10.2. The largest absolute Gasteiger partial charge is 0.493 e. The number of hydrogen-bond donors (Lipinski definition) is 1. The molecular formula is C23H19FN4O5S. The average molecular weight is 482 g/mol. The van der Waals surface area contributed by atoms with Crippen molar-refractivity contribution in [2.75, 3.05) is 19.2 Å². The molecule has 4 aromatic rings. The quantitative estimate of drug-likeness (QED) is 0.402. The highest BCUT2D eigenvalue weighted by molar-refractivity contribution is 7.89. The molecule has 0 atom stereocenters. The number of ether oxygens (including phenoxy) is 1. The van der Waals surface area contributed by atoms with E-state index in [0.29, 0.717) is 11.0 Å². The van der Waals surface area contributed by atoms with Gasteiger partial charge in [0.2, 0.25) is 10.0 Å². The van der Waals surface area contributed by atoms with Gasteiger partial charge in [-0.1, -0.05) is 18.2 Å². The molecule has 1 aromatic heterocycles. The van der Waals surface area contributed by atoms with Gasteiger partial charge in [0.15, 0.2) is 17.2 Å². The number of nitrogens with one attached hydrogen (secondary N) is 1. The number of hydrogen-bond acceptors (Lipinski definition) is 7. The van der Waals surface area contributed by atoms with Gasteiger partial charge in [-0.25, -0.2) is 22.5 Å². The maximum Gasteiger partial charge on any atom is 0.311 e. The van der Waals surface area contributed by atoms with Gasteiger partial charge in [0.25, 0.3) is 0 Å². The number of anilines is 1. The number of aromatic nitrogens is 2. The number of fused-ring (bicyclic) bond motifs is 1. The van der Waals surface area contributed by atoms with Gasteiger partial charge in [-0.05, 0) is 49.5 Å². The molecule has 34 heavy (non-hydrogen) atoms. The van der Waals surface area contributed by atoms with E-state index in [1.54, 1.807) is 24.3 Å². The summed E-state index contributed by atoms with van der Waals surface area (Å²) >= 11 is 0. The third-order valence-corrected chi connectivity index (χ3v) is 6.21. The van der Waals surface area contributed by atoms with E-state index in [4.69, 9.17) is 9.57 Å². The Hall–Kier alpha value is -4.09. The summed E-state index contributed by atoms with van der Waals surface area (Å²) in [5, 5.41) is 0.850. The first-order valence-corrected chi connectivity index (χ1v) is 11.4. The third kappa shape index (κ3) is 4.65. The van der Waals surface area contributed by atoms with Gasteiger partial charge in [0.05, 0.1) is 34.9 Å². The molecule has 0 aliphatic heterocycles. The minimum Gasteiger partial charge on any atom is -0.493 e. The summed E-state index contributed by atoms with van der Waals surface area (Å²) in [4.78, 5) is 27.8. The predicted molar refractivity (Wildman–Crippen MR) is 123 cm³/mol. The van der Waals surface area contributed by atoms with Gasteiger partial charge in [0.1, 0.15) is 5.82 Å². The fourth-order valence-corrected chi connectivity index (χ4v) is 3.86. The molecule has 9 nitrogen and oxygen atoms in total. The number of benzene rings is 3. The smallest absolute Gasteiger partial charge is 0.311 e. The minimum absolute atomic E-state index is 0.0212. The predicted octanol–water partition coefficient (Wildman–Crippen LogP) is 3.33. The van der Waals surface area contributed by atoms with E-state index in [1.807, 2.05) is 0 Å². The van der Waals surface area contributed by atoms with Gasteiger partial charge in [-0.3, -0.25) is 9.78 Å². The van der Waals surface area contributed by atoms with Crippen molar-refractivity contribution in [3.05, 3.63) is 84.4 Å². The van der Waals surface area contributed by atoms with E-state index in [2.05, 4.69) is 14.7 Å². The van der Waals surface area contributed by atoms with Crippen LogP contribution >= 0.6 is 0 Å². The van der Waals surface area contributed by atoms with Crippen LogP contribution in [0, 0.1) is 5.82 Å². The fourth-order valence-electron chi connectivity index (χ4n) is 3.09. The van der Waals surface area contributed by atoms with Gasteiger partial charge in [0, 0.05) is 6.07 Å². The zero-order valence-corrected chi connectivity index (χ0v) is 18.9. The molecule has 0 aliphatic rings. The van der Waals surface area contributed by atoms with E-state index in [-0.39, 0.29) is 27.8 Å². The summed E-state index contributed by atoms with van der Waals surface area (Å²) in [7, 11) is -1.22. The first-order chi connectivity index (χ1) is 16.3. The number of halogens is 1. The van der Waals surface area contributed by atoms with E-state index < -0.39 is 21.7 Å². The summed E-state index contributed by atoms with van der Waals surface area (Å²) in [6, 6.07) is 16.1. The summed E-state index contributed by atoms with van der Waals surface area (Å²) in [6.45, 7) is 0. The number of methoxy groups -OCH3 is 1. The van der Waals surface area contributed by atoms with Gasteiger partial charge >= 0.3 is 5.91 Å². The van der Waals surface area contributed by atoms with Crippen molar-refractivity contribution in [2.45, 2.75) is 4.90 Å². The second kappa shape index (κ2) is 9.41. The molecule has 0 unspecified atom stereocenters. The molecule has 4 rings (SSSR count). The van der Waals surface area contributed by atoms with Crippen molar-refractivity contribution in [1.29, 1.82) is 0 Å². The normalized spacial score (nSPS) is 11.3. The number of carbonyl (C=O) groups excluding carboxylic acids is 1. The zero-order chi connectivity index (χ0) is 24.3. The standard InChI is InChI=1S/C23H19FN4O5S/c1-25-34(30,31)17-7-5-6-16(13-17)28(33-21-11-10-15(24)12-22(21)32-2)23(29)20-14-26-18-8-3-4-9-19(18)27-20/h3-14,25H,1-2H3. The number of carbonyl (C=O) groups is 1. The van der Waals surface area contributed by atoms with Crippen molar-refractivity contribution in [3.8, 4) is 11.5 Å². The summed E-state index contributed by atoms with van der Waals surface area (Å²) < 4.78 is 45.7. The van der Waals surface area contributed by atoms with E-state index >= 15 is 0 Å². The Labute approximate surface area is 194 Å². The van der Waals surface area contributed by atoms with E-state index in [1.165, 1.54) is 50.7 Å². The molecule has 1 heterocycles. The lowest BCUT2D eigenvalue weighted by Crippen LogP contribution is -2.35. The Kier molecular flexibility index (Phi) is 6.39. The van der Waals surface area contributed by atoms with Crippen molar-refractivity contribution < 1.29 is 27.2 Å². The van der Waals surface area contributed by atoms with Crippen molar-refractivity contribution >= 4 is 32.7 Å². The topological polar surface area (TPSA) is 111 Å². The lowest BCUT2D eigenvalue weighted by molar-refractivity contribution is 0.0872. The van der Waals surface area contributed by atoms with Gasteiger partial charge in [-0.2, -0.15) is 0 Å². The molecular weight excluding hydrogens is 463 g/mol. The molecule has 174 valence electrons. The molecule has 1 amide bonds. The number of sulfonamides is 1. The lowest BCUT2D eigenvalue weighted by Gasteiger charge is -2.23. The maximum atomic E-state index is 13.7. The fraction of sp³-hybridized carbons (Fsp3) is 0.0870. The van der Waals surface area contributed by atoms with Crippen LogP contribution in [-0.2, 0) is 10.0 Å². The number of nitrogens with zero attached hydrogens (tertiary/aromatic N) is 3. The van der Waals surface area contributed by atoms with E-state index in [0.717, 1.165) is 17.2 Å². The average Bonchev–Trinajstić information content (AvgIpc) is 2.87. The van der Waals surface area contributed by atoms with Crippen LogP contribution in [0.25, 0.3) is 11.0 Å². The van der Waals surface area contributed by atoms with Gasteiger partial charge < -0.3 is 9.57 Å². The molecule has 0 saturated heterocycles. The Morgan fingerprint density at radius 1 is 1.00 bits per heavy atom. The molecule has 1 N–H and O–H groups in total. The Bertz CT molecular complexity index is 1480. The Morgan fingerprint density at radius 2 is 1.76 bits per heavy atom. The first kappa shape index (κ1) is 23.1. The van der Waals surface area contributed by atoms with Gasteiger partial charge in [-0.15, -0.1) is 5.06 Å². The monoisotopic (exact) mass is 482 g/mol. The second-order valence-electron chi connectivity index (χ2n) is 6.93. The van der Waals surface area contributed by atoms with Crippen LogP contribution in [0.15, 0.2) is 77.8 Å². The summed E-state index contributed by atoms with van der Waals surface area (Å²) in [5.74, 6) is -1.25. The number of amides is 1. The minimum atomic E-state index is -3.81. The van der Waals surface area contributed by atoms with Crippen LogP contribution in [0.5, 0.6) is 11.5 Å². The maximum absolute atomic E-state index is 13.7. The van der Waals surface area contributed by atoms with Crippen molar-refractivity contribution in [3.63, 3.8) is 0 Å². The third-order valence-electron chi connectivity index (χ3n) is 4.80. The Balaban J connectivity index is 1.82. The molecule has 3 aromatic carbocycles. The molecule has 0 saturated carbocycles. The van der Waals surface area contributed by atoms with Crippen molar-refractivity contribution in [1.82, 2.24) is 14.7 Å². The van der Waals surface area contributed by atoms with Crippen molar-refractivity contribution in [2.24, 2.45) is 0 Å². The van der Waals surface area contributed by atoms with Crippen LogP contribution in [0.3, 0.4) is 0 Å². The van der Waals surface area contributed by atoms with Crippen LogP contribution in [0.1, 0.15) is 10.5 Å². The van der Waals surface area contributed by atoms with Crippen LogP contribution < -0.4 is 19.4 Å². The summed E-state index contributed by atoms with van der Waals surface area (Å²) in [5.41, 5.74) is 1.11. The zero-order valence-electron chi connectivity index (χ0n) is 18.1. The van der Waals surface area contributed by atoms with Crippen LogP contribution in [0.4, 0.5) is 10.1 Å². The number of para-hydroxylation sites is 2. The summed E-state index contributed by atoms with van der Waals surface area (Å²) in [6.07, 6.45) is 1.29. The second-order valence-corrected chi connectivity index (χ2v) is 8.82. The molecule has 0 fully saturated rings. The molecule has 0 aliphatic carbocycles. The molecule has 0 radical (unpaired) electrons. The highest BCUT2D eigenvalue weighted by atomic mass is 32.2. The highest BCUT2D eigenvalue weighted by Gasteiger charge is 2.25. The Morgan fingerprint density at radius 3 is 2.50 bits per heavy atom. The van der Waals surface area contributed by atoms with Crippen LogP contribution in [-0.4, -0.2) is 38.5 Å². The molecule has 11 heteroatoms. The highest BCUT2D eigenvalue weighted by Crippen LogP contribution is 2.31. The SMILES string of the molecule is CNS(=O)(=O)c1cccc(N(Oc2ccc(F)cc2OC)C(=O)c2cnc3ccccc3n2)c1. The molecule has 0 spiro atoms. The number of rotatable bonds is 7. The number of hydroxylamine groups is 1. The van der Waals surface area contributed by atoms with Crippen LogP contribution in [0.2, 0.25) is 0 Å².